The van der Waals surface area contributed by atoms with E-state index in [2.05, 4.69) is 8.92 Å². The number of hydrogen-bond acceptors (Lipinski definition) is 5. The summed E-state index contributed by atoms with van der Waals surface area (Å²) >= 11 is -2.62. The summed E-state index contributed by atoms with van der Waals surface area (Å²) in [6, 6.07) is 9.71. The minimum atomic E-state index is -2.62. The molecular formula is C12H9O5S-. The second-order valence-electron chi connectivity index (χ2n) is 3.47. The zero-order valence-corrected chi connectivity index (χ0v) is 10.2. The number of fused-ring (bicyclic) bond motifs is 1. The molecule has 5 nitrogen and oxygen atoms in total. The lowest BCUT2D eigenvalue weighted by atomic mass is 10.0. The molecule has 1 unspecified atom stereocenters. The third kappa shape index (κ3) is 2.49. The average Bonchev–Trinajstić information content (AvgIpc) is 2.36. The molecule has 0 aromatic heterocycles. The van der Waals surface area contributed by atoms with Gasteiger partial charge in [-0.2, -0.15) is 0 Å². The molecule has 0 heterocycles. The number of esters is 1. The third-order valence-corrected chi connectivity index (χ3v) is 2.75. The molecule has 0 fully saturated rings. The van der Waals surface area contributed by atoms with E-state index in [9.17, 15) is 13.6 Å². The van der Waals surface area contributed by atoms with Crippen LogP contribution in [0.1, 0.15) is 10.4 Å². The first-order chi connectivity index (χ1) is 8.61. The molecule has 2 aromatic rings. The van der Waals surface area contributed by atoms with E-state index in [0.29, 0.717) is 16.3 Å². The van der Waals surface area contributed by atoms with E-state index in [4.69, 9.17) is 0 Å². The second-order valence-corrected chi connectivity index (χ2v) is 4.04. The van der Waals surface area contributed by atoms with Gasteiger partial charge in [-0.25, -0.2) is 9.00 Å². The number of carbonyl (C=O) groups excluding carboxylic acids is 1. The number of ether oxygens (including phenoxy) is 1. The van der Waals surface area contributed by atoms with Gasteiger partial charge in [0.05, 0.1) is 12.7 Å². The Bertz CT molecular complexity index is 623. The summed E-state index contributed by atoms with van der Waals surface area (Å²) in [6.45, 7) is 0. The van der Waals surface area contributed by atoms with Gasteiger partial charge in [0.1, 0.15) is 17.1 Å². The van der Waals surface area contributed by atoms with Crippen LogP contribution in [0.3, 0.4) is 0 Å². The van der Waals surface area contributed by atoms with Crippen molar-refractivity contribution in [2.45, 2.75) is 0 Å². The number of rotatable bonds is 3. The molecule has 94 valence electrons. The van der Waals surface area contributed by atoms with Gasteiger partial charge in [-0.15, -0.1) is 0 Å². The van der Waals surface area contributed by atoms with Crippen LogP contribution >= 0.6 is 0 Å². The molecule has 2 aromatic carbocycles. The maximum absolute atomic E-state index is 11.5. The van der Waals surface area contributed by atoms with E-state index in [1.54, 1.807) is 24.3 Å². The van der Waals surface area contributed by atoms with Crippen LogP contribution in [0, 0.1) is 0 Å². The standard InChI is InChI=1S/C12H10O5S/c1-16-12(13)11-4-2-3-8-7-9(17-18(14)15)5-6-10(8)11/h2-7H,1H3,(H,14,15)/p-1. The fourth-order valence-corrected chi connectivity index (χ4v) is 1.94. The van der Waals surface area contributed by atoms with Crippen molar-refractivity contribution < 1.29 is 22.5 Å². The zero-order chi connectivity index (χ0) is 13.1. The predicted octanol–water partition coefficient (Wildman–Crippen LogP) is 1.80. The van der Waals surface area contributed by atoms with Crippen molar-refractivity contribution in [1.29, 1.82) is 0 Å². The van der Waals surface area contributed by atoms with Crippen LogP contribution < -0.4 is 4.18 Å². The highest BCUT2D eigenvalue weighted by atomic mass is 32.2. The smallest absolute Gasteiger partial charge is 0.338 e. The van der Waals surface area contributed by atoms with Crippen molar-refractivity contribution in [1.82, 2.24) is 0 Å². The van der Waals surface area contributed by atoms with Crippen molar-refractivity contribution in [3.63, 3.8) is 0 Å². The Morgan fingerprint density at radius 2 is 2.06 bits per heavy atom. The molecule has 0 amide bonds. The van der Waals surface area contributed by atoms with Gasteiger partial charge < -0.3 is 13.5 Å². The second kappa shape index (κ2) is 5.16. The molecule has 0 aliphatic rings. The van der Waals surface area contributed by atoms with Crippen LogP contribution in [0.4, 0.5) is 0 Å². The number of carbonyl (C=O) groups is 1. The zero-order valence-electron chi connectivity index (χ0n) is 9.41. The van der Waals surface area contributed by atoms with E-state index >= 15 is 0 Å². The first kappa shape index (κ1) is 12.5. The van der Waals surface area contributed by atoms with Crippen molar-refractivity contribution in [2.24, 2.45) is 0 Å². The summed E-state index contributed by atoms with van der Waals surface area (Å²) < 4.78 is 30.1. The largest absolute Gasteiger partial charge is 0.740 e. The van der Waals surface area contributed by atoms with Crippen molar-refractivity contribution >= 4 is 28.1 Å². The van der Waals surface area contributed by atoms with Gasteiger partial charge in [-0.05, 0) is 35.0 Å². The highest BCUT2D eigenvalue weighted by Crippen LogP contribution is 2.24. The predicted molar refractivity (Wildman–Crippen MR) is 64.8 cm³/mol. The van der Waals surface area contributed by atoms with Gasteiger partial charge in [-0.3, -0.25) is 0 Å². The minimum absolute atomic E-state index is 0.192. The lowest BCUT2D eigenvalue weighted by Crippen LogP contribution is -2.02. The molecule has 0 saturated heterocycles. The Balaban J connectivity index is 2.53. The average molecular weight is 265 g/mol. The Kier molecular flexibility index (Phi) is 3.59. The Morgan fingerprint density at radius 3 is 2.72 bits per heavy atom. The van der Waals surface area contributed by atoms with Crippen molar-refractivity contribution in [2.75, 3.05) is 7.11 Å². The summed E-state index contributed by atoms with van der Waals surface area (Å²) in [7, 11) is 1.30. The summed E-state index contributed by atoms with van der Waals surface area (Å²) in [5.74, 6) is -0.250. The first-order valence-electron chi connectivity index (χ1n) is 5.00. The monoisotopic (exact) mass is 265 g/mol. The molecule has 0 radical (unpaired) electrons. The lowest BCUT2D eigenvalue weighted by Gasteiger charge is -2.09. The summed E-state index contributed by atoms with van der Waals surface area (Å²) in [5.41, 5.74) is 0.421. The molecule has 1 atom stereocenters. The molecule has 0 spiro atoms. The SMILES string of the molecule is COC(=O)c1cccc2cc(OS(=O)[O-])ccc12. The fraction of sp³-hybridized carbons (Fsp3) is 0.0833. The highest BCUT2D eigenvalue weighted by molar-refractivity contribution is 7.74. The minimum Gasteiger partial charge on any atom is -0.740 e. The van der Waals surface area contributed by atoms with Gasteiger partial charge in [0.15, 0.2) is 0 Å². The van der Waals surface area contributed by atoms with Gasteiger partial charge in [0.25, 0.3) is 0 Å². The molecule has 0 bridgehead atoms. The molecule has 0 aliphatic carbocycles. The van der Waals surface area contributed by atoms with Crippen LogP contribution in [0.5, 0.6) is 5.75 Å². The molecule has 6 heteroatoms. The van der Waals surface area contributed by atoms with Gasteiger partial charge in [-0.1, -0.05) is 12.1 Å². The summed E-state index contributed by atoms with van der Waals surface area (Å²) in [4.78, 5) is 11.5. The van der Waals surface area contributed by atoms with Crippen molar-refractivity contribution in [3.8, 4) is 5.75 Å². The van der Waals surface area contributed by atoms with E-state index in [1.807, 2.05) is 0 Å². The Hall–Kier alpha value is -1.92. The van der Waals surface area contributed by atoms with Crippen LogP contribution in [-0.4, -0.2) is 21.8 Å². The molecule has 2 rings (SSSR count). The molecule has 0 N–H and O–H groups in total. The van der Waals surface area contributed by atoms with Gasteiger partial charge in [0.2, 0.25) is 0 Å². The summed E-state index contributed by atoms with van der Waals surface area (Å²) in [5, 5.41) is 1.37. The fourth-order valence-electron chi connectivity index (χ4n) is 1.68. The normalized spacial score (nSPS) is 12.1. The van der Waals surface area contributed by atoms with E-state index in [0.717, 1.165) is 0 Å². The van der Waals surface area contributed by atoms with Crippen LogP contribution in [0.15, 0.2) is 36.4 Å². The Morgan fingerprint density at radius 1 is 1.28 bits per heavy atom. The van der Waals surface area contributed by atoms with Gasteiger partial charge in [0, 0.05) is 0 Å². The van der Waals surface area contributed by atoms with Crippen LogP contribution in [-0.2, 0) is 16.1 Å². The van der Waals surface area contributed by atoms with E-state index in [1.165, 1.54) is 19.2 Å². The highest BCUT2D eigenvalue weighted by Gasteiger charge is 2.10. The van der Waals surface area contributed by atoms with E-state index < -0.39 is 17.3 Å². The third-order valence-electron chi connectivity index (χ3n) is 2.42. The maximum atomic E-state index is 11.5. The number of hydrogen-bond donors (Lipinski definition) is 0. The lowest BCUT2D eigenvalue weighted by molar-refractivity contribution is 0.0603. The topological polar surface area (TPSA) is 75.7 Å². The molecular weight excluding hydrogens is 256 g/mol. The van der Waals surface area contributed by atoms with Gasteiger partial charge >= 0.3 is 5.97 Å². The quantitative estimate of drug-likeness (QED) is 0.624. The molecule has 0 aliphatic heterocycles. The van der Waals surface area contributed by atoms with Crippen molar-refractivity contribution in [3.05, 3.63) is 42.0 Å². The van der Waals surface area contributed by atoms with Crippen LogP contribution in [0.25, 0.3) is 10.8 Å². The van der Waals surface area contributed by atoms with Crippen LogP contribution in [0.2, 0.25) is 0 Å². The Labute approximate surface area is 106 Å². The molecule has 18 heavy (non-hydrogen) atoms. The number of benzene rings is 2. The molecule has 0 saturated carbocycles. The number of methoxy groups -OCH3 is 1. The summed E-state index contributed by atoms with van der Waals surface area (Å²) in [6.07, 6.45) is 0. The maximum Gasteiger partial charge on any atom is 0.338 e. The first-order valence-corrected chi connectivity index (χ1v) is 6.00. The van der Waals surface area contributed by atoms with E-state index in [-0.39, 0.29) is 5.75 Å².